The van der Waals surface area contributed by atoms with Gasteiger partial charge in [0, 0.05) is 6.42 Å². The third-order valence-corrected chi connectivity index (χ3v) is 2.71. The molecular weight excluding hydrogens is 152 g/mol. The van der Waals surface area contributed by atoms with E-state index < -0.39 is 5.60 Å². The lowest BCUT2D eigenvalue weighted by Gasteiger charge is -2.19. The first-order chi connectivity index (χ1) is 5.69. The average molecular weight is 170 g/mol. The van der Waals surface area contributed by atoms with Crippen LogP contribution in [0.1, 0.15) is 51.9 Å². The van der Waals surface area contributed by atoms with E-state index in [-0.39, 0.29) is 5.78 Å². The van der Waals surface area contributed by atoms with Crippen LogP contribution >= 0.6 is 0 Å². The number of carbonyl (C=O) groups is 1. The summed E-state index contributed by atoms with van der Waals surface area (Å²) in [6.45, 7) is 2.13. The molecule has 1 aliphatic rings. The first kappa shape index (κ1) is 9.72. The van der Waals surface area contributed by atoms with Crippen LogP contribution in [0.15, 0.2) is 0 Å². The van der Waals surface area contributed by atoms with Crippen LogP contribution in [0.25, 0.3) is 0 Å². The van der Waals surface area contributed by atoms with Crippen molar-refractivity contribution in [2.75, 3.05) is 0 Å². The van der Waals surface area contributed by atoms with Crippen molar-refractivity contribution in [2.24, 2.45) is 0 Å². The van der Waals surface area contributed by atoms with E-state index in [2.05, 4.69) is 6.92 Å². The standard InChI is InChI=1S/C10H18O2/c1-2-3-4-7-10(12)8-5-6-9(10)11/h12H,2-8H2,1H3/t10-/m1/s1. The van der Waals surface area contributed by atoms with Crippen molar-refractivity contribution < 1.29 is 9.90 Å². The lowest BCUT2D eigenvalue weighted by molar-refractivity contribution is -0.134. The summed E-state index contributed by atoms with van der Waals surface area (Å²) in [5.41, 5.74) is -0.935. The van der Waals surface area contributed by atoms with Gasteiger partial charge in [-0.3, -0.25) is 4.79 Å². The lowest BCUT2D eigenvalue weighted by Crippen LogP contribution is -2.33. The zero-order chi connectivity index (χ0) is 9.03. The number of ketones is 1. The third kappa shape index (κ3) is 2.07. The second kappa shape index (κ2) is 4.04. The fourth-order valence-electron chi connectivity index (χ4n) is 1.85. The van der Waals surface area contributed by atoms with Crippen molar-refractivity contribution >= 4 is 5.78 Å². The Morgan fingerprint density at radius 2 is 2.25 bits per heavy atom. The summed E-state index contributed by atoms with van der Waals surface area (Å²) < 4.78 is 0. The molecule has 0 heterocycles. The lowest BCUT2D eigenvalue weighted by atomic mass is 9.94. The minimum absolute atomic E-state index is 0.0682. The van der Waals surface area contributed by atoms with Crippen LogP contribution in [0.3, 0.4) is 0 Å². The molecule has 0 saturated heterocycles. The Hall–Kier alpha value is -0.370. The summed E-state index contributed by atoms with van der Waals surface area (Å²) in [5, 5.41) is 9.84. The van der Waals surface area contributed by atoms with Crippen LogP contribution in [-0.4, -0.2) is 16.5 Å². The zero-order valence-electron chi connectivity index (χ0n) is 7.81. The van der Waals surface area contributed by atoms with Crippen molar-refractivity contribution in [1.29, 1.82) is 0 Å². The predicted octanol–water partition coefficient (Wildman–Crippen LogP) is 2.05. The van der Waals surface area contributed by atoms with Crippen LogP contribution in [0.4, 0.5) is 0 Å². The molecule has 1 fully saturated rings. The largest absolute Gasteiger partial charge is 0.382 e. The molecule has 1 N–H and O–H groups in total. The van der Waals surface area contributed by atoms with Gasteiger partial charge in [0.05, 0.1) is 0 Å². The molecule has 0 aromatic rings. The maximum atomic E-state index is 11.2. The molecule has 2 nitrogen and oxygen atoms in total. The molecule has 0 spiro atoms. The Labute approximate surface area is 74.0 Å². The van der Waals surface area contributed by atoms with Gasteiger partial charge < -0.3 is 5.11 Å². The Kier molecular flexibility index (Phi) is 3.27. The Bertz CT molecular complexity index is 165. The summed E-state index contributed by atoms with van der Waals surface area (Å²) in [6, 6.07) is 0. The second-order valence-corrected chi connectivity index (χ2v) is 3.77. The number of carbonyl (C=O) groups excluding carboxylic acids is 1. The molecule has 1 aliphatic carbocycles. The minimum Gasteiger partial charge on any atom is -0.382 e. The molecular formula is C10H18O2. The molecule has 1 atom stereocenters. The van der Waals surface area contributed by atoms with Gasteiger partial charge in [-0.05, 0) is 19.3 Å². The van der Waals surface area contributed by atoms with Crippen molar-refractivity contribution in [3.8, 4) is 0 Å². The van der Waals surface area contributed by atoms with Gasteiger partial charge in [-0.25, -0.2) is 0 Å². The summed E-state index contributed by atoms with van der Waals surface area (Å²) in [5.74, 6) is 0.0682. The number of Topliss-reactive ketones (excluding diaryl/α,β-unsaturated/α-hetero) is 1. The van der Waals surface area contributed by atoms with Gasteiger partial charge in [0.1, 0.15) is 5.60 Å². The molecule has 0 amide bonds. The van der Waals surface area contributed by atoms with Crippen molar-refractivity contribution in [3.63, 3.8) is 0 Å². The maximum absolute atomic E-state index is 11.2. The van der Waals surface area contributed by atoms with Gasteiger partial charge in [0.25, 0.3) is 0 Å². The Morgan fingerprint density at radius 1 is 1.50 bits per heavy atom. The fraction of sp³-hybridized carbons (Fsp3) is 0.900. The number of rotatable bonds is 4. The van der Waals surface area contributed by atoms with Gasteiger partial charge in [-0.15, -0.1) is 0 Å². The SMILES string of the molecule is CCCCC[C@@]1(O)CCCC1=O. The van der Waals surface area contributed by atoms with Crippen LogP contribution in [0.5, 0.6) is 0 Å². The number of hydrogen-bond donors (Lipinski definition) is 1. The van der Waals surface area contributed by atoms with Crippen LogP contribution in [0.2, 0.25) is 0 Å². The van der Waals surface area contributed by atoms with E-state index in [4.69, 9.17) is 0 Å². The van der Waals surface area contributed by atoms with Crippen molar-refractivity contribution in [2.45, 2.75) is 57.5 Å². The highest BCUT2D eigenvalue weighted by Crippen LogP contribution is 2.30. The first-order valence-corrected chi connectivity index (χ1v) is 4.95. The zero-order valence-corrected chi connectivity index (χ0v) is 7.81. The monoisotopic (exact) mass is 170 g/mol. The number of unbranched alkanes of at least 4 members (excludes halogenated alkanes) is 2. The predicted molar refractivity (Wildman–Crippen MR) is 47.9 cm³/mol. The summed E-state index contributed by atoms with van der Waals surface area (Å²) in [7, 11) is 0. The fourth-order valence-corrected chi connectivity index (χ4v) is 1.85. The molecule has 0 aliphatic heterocycles. The molecule has 0 unspecified atom stereocenters. The van der Waals surface area contributed by atoms with E-state index >= 15 is 0 Å². The van der Waals surface area contributed by atoms with Gasteiger partial charge in [0.2, 0.25) is 0 Å². The molecule has 0 radical (unpaired) electrons. The summed E-state index contributed by atoms with van der Waals surface area (Å²) >= 11 is 0. The van der Waals surface area contributed by atoms with E-state index in [9.17, 15) is 9.90 Å². The topological polar surface area (TPSA) is 37.3 Å². The second-order valence-electron chi connectivity index (χ2n) is 3.77. The molecule has 70 valence electrons. The smallest absolute Gasteiger partial charge is 0.164 e. The van der Waals surface area contributed by atoms with Crippen LogP contribution in [-0.2, 0) is 4.79 Å². The molecule has 2 heteroatoms. The maximum Gasteiger partial charge on any atom is 0.164 e. The molecule has 1 saturated carbocycles. The Balaban J connectivity index is 2.33. The Morgan fingerprint density at radius 3 is 2.75 bits per heavy atom. The first-order valence-electron chi connectivity index (χ1n) is 4.95. The highest BCUT2D eigenvalue weighted by Gasteiger charge is 2.38. The van der Waals surface area contributed by atoms with Crippen LogP contribution in [0, 0.1) is 0 Å². The molecule has 0 aromatic carbocycles. The quantitative estimate of drug-likeness (QED) is 0.656. The van der Waals surface area contributed by atoms with E-state index in [1.165, 1.54) is 0 Å². The number of hydrogen-bond acceptors (Lipinski definition) is 2. The normalized spacial score (nSPS) is 29.7. The summed E-state index contributed by atoms with van der Waals surface area (Å²) in [6.07, 6.45) is 6.08. The van der Waals surface area contributed by atoms with Gasteiger partial charge >= 0.3 is 0 Å². The molecule has 12 heavy (non-hydrogen) atoms. The third-order valence-electron chi connectivity index (χ3n) is 2.71. The molecule has 0 aromatic heterocycles. The van der Waals surface area contributed by atoms with Gasteiger partial charge in [-0.2, -0.15) is 0 Å². The van der Waals surface area contributed by atoms with E-state index in [0.717, 1.165) is 25.7 Å². The van der Waals surface area contributed by atoms with Crippen molar-refractivity contribution in [1.82, 2.24) is 0 Å². The van der Waals surface area contributed by atoms with E-state index in [0.29, 0.717) is 19.3 Å². The van der Waals surface area contributed by atoms with E-state index in [1.54, 1.807) is 0 Å². The molecule has 0 bridgehead atoms. The van der Waals surface area contributed by atoms with Crippen LogP contribution < -0.4 is 0 Å². The highest BCUT2D eigenvalue weighted by molar-refractivity contribution is 5.88. The van der Waals surface area contributed by atoms with Gasteiger partial charge in [-0.1, -0.05) is 26.2 Å². The van der Waals surface area contributed by atoms with Gasteiger partial charge in [0.15, 0.2) is 5.78 Å². The van der Waals surface area contributed by atoms with E-state index in [1.807, 2.05) is 0 Å². The van der Waals surface area contributed by atoms with Crippen molar-refractivity contribution in [3.05, 3.63) is 0 Å². The number of aliphatic hydroxyl groups is 1. The average Bonchev–Trinajstić information content (AvgIpc) is 2.34. The summed E-state index contributed by atoms with van der Waals surface area (Å²) in [4.78, 5) is 11.2. The minimum atomic E-state index is -0.935. The highest BCUT2D eigenvalue weighted by atomic mass is 16.3. The molecule has 1 rings (SSSR count).